The molecule has 7 nitrogen and oxygen atoms in total. The lowest BCUT2D eigenvalue weighted by molar-refractivity contribution is -0.137. The van der Waals surface area contributed by atoms with Crippen molar-refractivity contribution >= 4 is 27.3 Å². The van der Waals surface area contributed by atoms with Crippen molar-refractivity contribution in [3.8, 4) is 0 Å². The quantitative estimate of drug-likeness (QED) is 0.137. The third-order valence-electron chi connectivity index (χ3n) is 9.21. The molecular formula is C38H42F3N3O4S. The average Bonchev–Trinajstić information content (AvgIpc) is 3.08. The lowest BCUT2D eigenvalue weighted by atomic mass is 9.68. The van der Waals surface area contributed by atoms with Gasteiger partial charge in [0.1, 0.15) is 0 Å². The number of halogens is 3. The molecule has 4 aromatic rings. The van der Waals surface area contributed by atoms with Gasteiger partial charge in [-0.2, -0.15) is 13.2 Å². The molecule has 1 saturated carbocycles. The fourth-order valence-electron chi connectivity index (χ4n) is 6.91. The highest BCUT2D eigenvalue weighted by molar-refractivity contribution is 7.92. The molecule has 4 aromatic carbocycles. The first-order valence-electron chi connectivity index (χ1n) is 16.4. The van der Waals surface area contributed by atoms with Crippen molar-refractivity contribution in [1.29, 1.82) is 0 Å². The summed E-state index contributed by atoms with van der Waals surface area (Å²) in [7, 11) is -3.85. The maximum absolute atomic E-state index is 14.4. The van der Waals surface area contributed by atoms with Crippen LogP contribution in [0.25, 0.3) is 0 Å². The summed E-state index contributed by atoms with van der Waals surface area (Å²) in [6.45, 7) is 0.199. The Bertz CT molecular complexity index is 1800. The number of aliphatic hydroxyl groups excluding tert-OH is 1. The second kappa shape index (κ2) is 15.6. The smallest absolute Gasteiger partial charge is 0.391 e. The van der Waals surface area contributed by atoms with Crippen LogP contribution >= 0.6 is 0 Å². The van der Waals surface area contributed by atoms with E-state index < -0.39 is 45.2 Å². The molecule has 0 spiro atoms. The van der Waals surface area contributed by atoms with Gasteiger partial charge >= 0.3 is 6.18 Å². The van der Waals surface area contributed by atoms with Crippen LogP contribution in [0.4, 0.5) is 24.5 Å². The second-order valence-corrected chi connectivity index (χ2v) is 14.6. The topological polar surface area (TPSA) is 98.7 Å². The van der Waals surface area contributed by atoms with Gasteiger partial charge in [0.15, 0.2) is 0 Å². The number of para-hydroxylation sites is 2. The van der Waals surface area contributed by atoms with E-state index >= 15 is 0 Å². The van der Waals surface area contributed by atoms with Crippen LogP contribution in [0.2, 0.25) is 0 Å². The number of alkyl halides is 3. The minimum absolute atomic E-state index is 0.0812. The maximum atomic E-state index is 14.4. The van der Waals surface area contributed by atoms with Crippen molar-refractivity contribution in [2.24, 2.45) is 5.92 Å². The lowest BCUT2D eigenvalue weighted by Gasteiger charge is -2.46. The Hall–Kier alpha value is -4.19. The van der Waals surface area contributed by atoms with Gasteiger partial charge in [-0.1, -0.05) is 98.1 Å². The standard InChI is InChI=1S/C38H42F3N3O4S/c1-49(47,48)44(31-18-7-3-8-19-31)34-21-10-9-20-32(34)36(46)43-37(22-11-4-12-23-37)33(25-28-14-5-2-6-15-28)35(45)27-42-26-29-16-13-17-30(24-29)38(39,40)41/h2-3,5-10,13-21,24,33,35,42,45H,4,11-12,22-23,25-27H2,1H3,(H,43,46)/t33-,35+/m1/s1. The molecule has 0 heterocycles. The summed E-state index contributed by atoms with van der Waals surface area (Å²) in [4.78, 5) is 14.4. The van der Waals surface area contributed by atoms with Gasteiger partial charge in [-0.25, -0.2) is 12.7 Å². The van der Waals surface area contributed by atoms with Crippen LogP contribution in [0.1, 0.15) is 59.2 Å². The Kier molecular flexibility index (Phi) is 11.5. The number of nitrogens with zero attached hydrogens (tertiary/aromatic N) is 1. The minimum Gasteiger partial charge on any atom is -0.391 e. The Labute approximate surface area is 286 Å². The molecule has 1 aliphatic rings. The number of aliphatic hydroxyl groups is 1. The van der Waals surface area contributed by atoms with Crippen molar-refractivity contribution in [3.63, 3.8) is 0 Å². The van der Waals surface area contributed by atoms with Gasteiger partial charge in [-0.05, 0) is 60.7 Å². The van der Waals surface area contributed by atoms with E-state index in [9.17, 15) is 31.5 Å². The third-order valence-corrected chi connectivity index (χ3v) is 10.3. The number of carbonyl (C=O) groups excluding carboxylic acids is 1. The van der Waals surface area contributed by atoms with Gasteiger partial charge in [-0.15, -0.1) is 0 Å². The zero-order valence-electron chi connectivity index (χ0n) is 27.4. The van der Waals surface area contributed by atoms with E-state index in [-0.39, 0.29) is 24.3 Å². The first-order valence-corrected chi connectivity index (χ1v) is 18.3. The largest absolute Gasteiger partial charge is 0.416 e. The average molecular weight is 694 g/mol. The zero-order valence-corrected chi connectivity index (χ0v) is 28.2. The number of carbonyl (C=O) groups is 1. The van der Waals surface area contributed by atoms with Crippen LogP contribution in [0, 0.1) is 5.92 Å². The predicted molar refractivity (Wildman–Crippen MR) is 186 cm³/mol. The van der Waals surface area contributed by atoms with Crippen LogP contribution in [-0.4, -0.2) is 43.9 Å². The van der Waals surface area contributed by atoms with Crippen LogP contribution < -0.4 is 14.9 Å². The van der Waals surface area contributed by atoms with Crippen LogP contribution in [0.5, 0.6) is 0 Å². The number of hydrogen-bond acceptors (Lipinski definition) is 5. The second-order valence-electron chi connectivity index (χ2n) is 12.7. The number of rotatable bonds is 13. The number of amides is 1. The minimum atomic E-state index is -4.46. The molecule has 1 fully saturated rings. The molecule has 0 bridgehead atoms. The molecule has 260 valence electrons. The van der Waals surface area contributed by atoms with Crippen molar-refractivity contribution in [3.05, 3.63) is 131 Å². The van der Waals surface area contributed by atoms with Crippen molar-refractivity contribution in [1.82, 2.24) is 10.6 Å². The highest BCUT2D eigenvalue weighted by Crippen LogP contribution is 2.40. The number of hydrogen-bond donors (Lipinski definition) is 3. The number of nitrogens with one attached hydrogen (secondary N) is 2. The monoisotopic (exact) mass is 693 g/mol. The molecule has 11 heteroatoms. The van der Waals surface area contributed by atoms with Gasteiger partial charge in [0.2, 0.25) is 10.0 Å². The van der Waals surface area contributed by atoms with Gasteiger partial charge in [0, 0.05) is 24.5 Å². The number of sulfonamides is 1. The molecule has 1 aliphatic carbocycles. The van der Waals surface area contributed by atoms with E-state index in [1.54, 1.807) is 60.7 Å². The van der Waals surface area contributed by atoms with E-state index in [4.69, 9.17) is 0 Å². The molecule has 0 aliphatic heterocycles. The first kappa shape index (κ1) is 36.1. The fourth-order valence-corrected chi connectivity index (χ4v) is 7.93. The highest BCUT2D eigenvalue weighted by Gasteiger charge is 2.45. The Balaban J connectivity index is 1.45. The molecule has 0 radical (unpaired) electrons. The third kappa shape index (κ3) is 9.09. The van der Waals surface area contributed by atoms with Crippen LogP contribution in [-0.2, 0) is 29.2 Å². The van der Waals surface area contributed by atoms with Crippen molar-refractivity contribution < 1.29 is 31.5 Å². The van der Waals surface area contributed by atoms with E-state index in [0.717, 1.165) is 47.5 Å². The number of benzene rings is 4. The van der Waals surface area contributed by atoms with Gasteiger partial charge in [0.25, 0.3) is 5.91 Å². The summed E-state index contributed by atoms with van der Waals surface area (Å²) >= 11 is 0. The summed E-state index contributed by atoms with van der Waals surface area (Å²) in [6, 6.07) is 29.9. The molecule has 3 N–H and O–H groups in total. The SMILES string of the molecule is CS(=O)(=O)N(c1ccccc1)c1ccccc1C(=O)NC1([C@H](Cc2ccccc2)[C@@H](O)CNCc2cccc(C(F)(F)F)c2)CCCCC1. The first-order chi connectivity index (χ1) is 23.4. The van der Waals surface area contributed by atoms with Gasteiger partial charge in [-0.3, -0.25) is 4.79 Å². The van der Waals surface area contributed by atoms with Crippen LogP contribution in [0.15, 0.2) is 109 Å². The predicted octanol–water partition coefficient (Wildman–Crippen LogP) is 7.25. The highest BCUT2D eigenvalue weighted by atomic mass is 32.2. The Morgan fingerprint density at radius 1 is 0.857 bits per heavy atom. The summed E-state index contributed by atoms with van der Waals surface area (Å²) in [5.74, 6) is -0.926. The summed E-state index contributed by atoms with van der Waals surface area (Å²) in [5.41, 5.74) is 0.601. The molecule has 49 heavy (non-hydrogen) atoms. The van der Waals surface area contributed by atoms with Crippen LogP contribution in [0.3, 0.4) is 0 Å². The Morgan fingerprint density at radius 3 is 2.12 bits per heavy atom. The summed E-state index contributed by atoms with van der Waals surface area (Å²) in [6.07, 6.45) is -0.115. The maximum Gasteiger partial charge on any atom is 0.416 e. The summed E-state index contributed by atoms with van der Waals surface area (Å²) < 4.78 is 67.3. The molecule has 0 aromatic heterocycles. The molecule has 1 amide bonds. The molecule has 0 unspecified atom stereocenters. The van der Waals surface area contributed by atoms with Crippen molar-refractivity contribution in [2.45, 2.75) is 62.9 Å². The van der Waals surface area contributed by atoms with E-state index in [1.165, 1.54) is 6.07 Å². The molecular weight excluding hydrogens is 651 g/mol. The zero-order chi connectivity index (χ0) is 35.1. The fraction of sp³-hybridized carbons (Fsp3) is 0.342. The Morgan fingerprint density at radius 2 is 1.47 bits per heavy atom. The lowest BCUT2D eigenvalue weighted by Crippen LogP contribution is -2.60. The summed E-state index contributed by atoms with van der Waals surface area (Å²) in [5, 5.41) is 18.3. The number of anilines is 2. The molecule has 0 saturated heterocycles. The van der Waals surface area contributed by atoms with E-state index in [0.29, 0.717) is 30.5 Å². The van der Waals surface area contributed by atoms with Crippen molar-refractivity contribution in [2.75, 3.05) is 17.1 Å². The normalized spacial score (nSPS) is 16.0. The molecule has 5 rings (SSSR count). The molecule has 2 atom stereocenters. The van der Waals surface area contributed by atoms with E-state index in [1.807, 2.05) is 30.3 Å². The van der Waals surface area contributed by atoms with Gasteiger partial charge < -0.3 is 15.7 Å². The van der Waals surface area contributed by atoms with E-state index in [2.05, 4.69) is 10.6 Å². The van der Waals surface area contributed by atoms with Gasteiger partial charge in [0.05, 0.1) is 34.9 Å².